The Bertz CT molecular complexity index is 2730. The molecule has 0 bridgehead atoms. The van der Waals surface area contributed by atoms with Gasteiger partial charge in [-0.05, 0) is 96.7 Å². The van der Waals surface area contributed by atoms with Crippen LogP contribution in [0.1, 0.15) is 106 Å². The number of amides is 6. The van der Waals surface area contributed by atoms with Crippen LogP contribution in [0.5, 0.6) is 5.75 Å². The third-order valence-electron chi connectivity index (χ3n) is 13.3. The predicted molar refractivity (Wildman–Crippen MR) is 259 cm³/mol. The summed E-state index contributed by atoms with van der Waals surface area (Å²) in [7, 11) is 5.35. The summed E-state index contributed by atoms with van der Waals surface area (Å²) in [4.78, 5) is 92.2. The predicted octanol–water partition coefficient (Wildman–Crippen LogP) is 3.19. The van der Waals surface area contributed by atoms with Crippen LogP contribution in [0.3, 0.4) is 0 Å². The van der Waals surface area contributed by atoms with Crippen molar-refractivity contribution in [2.45, 2.75) is 83.5 Å². The average Bonchev–Trinajstić information content (AvgIpc) is 3.80. The average molecular weight is 963 g/mol. The minimum Gasteiger partial charge on any atom is -0.494 e. The van der Waals surface area contributed by atoms with Crippen molar-refractivity contribution in [2.24, 2.45) is 12.8 Å². The number of primary amides is 1. The van der Waals surface area contributed by atoms with Crippen molar-refractivity contribution in [3.05, 3.63) is 70.0 Å². The van der Waals surface area contributed by atoms with Crippen LogP contribution in [0.4, 0.5) is 23.0 Å². The number of piperidine rings is 1. The Kier molecular flexibility index (Phi) is 14.2. The highest BCUT2D eigenvalue weighted by molar-refractivity contribution is 6.25. The molecule has 2 aromatic carbocycles. The van der Waals surface area contributed by atoms with Crippen LogP contribution in [0.15, 0.2) is 36.5 Å². The molecule has 2 fully saturated rings. The minimum absolute atomic E-state index is 0.0459. The molecule has 3 aliphatic heterocycles. The number of nitrogens with one attached hydrogen (secondary N) is 4. The molecule has 2 aromatic heterocycles. The number of nitrogens with zero attached hydrogens (tertiary/aromatic N) is 7. The van der Waals surface area contributed by atoms with Gasteiger partial charge in [-0.2, -0.15) is 5.10 Å². The van der Waals surface area contributed by atoms with E-state index in [0.29, 0.717) is 72.9 Å². The second-order valence-corrected chi connectivity index (χ2v) is 19.3. The molecule has 70 heavy (non-hydrogen) atoms. The van der Waals surface area contributed by atoms with Gasteiger partial charge in [-0.15, -0.1) is 0 Å². The summed E-state index contributed by atoms with van der Waals surface area (Å²) in [5.41, 5.74) is 10.3. The van der Waals surface area contributed by atoms with Crippen molar-refractivity contribution in [3.63, 3.8) is 0 Å². The number of benzene rings is 2. The number of fused-ring (bicyclic) bond motifs is 4. The van der Waals surface area contributed by atoms with E-state index < -0.39 is 46.8 Å². The maximum atomic E-state index is 14.0. The standard InChI is InChI=1S/C49H62N12O9/c1-48(2,15-17-51-33-10-8-9-30-37(33)46(67)61(45(30)66)35-13-14-36(62)55-44(35)65)69-23-16-49(3,4)70-24-18-52-43(64)32-25-29(60-21-19-58(5)20-22-60)26-34(41(32)68-7)54-47-53-27-28-11-12-31-39(42(50)63)57-59(6)40(31)38(28)56-47/h8-10,25-27,35,51H,11-24H2,1-7H3,(H2,50,63)(H,52,64)(H,53,54,56)(H,55,62,65). The smallest absolute Gasteiger partial charge is 0.269 e. The number of ether oxygens (including phenoxy) is 3. The molecular weight excluding hydrogens is 901 g/mol. The zero-order chi connectivity index (χ0) is 50.1. The largest absolute Gasteiger partial charge is 0.494 e. The summed E-state index contributed by atoms with van der Waals surface area (Å²) in [6, 6.07) is 7.71. The van der Waals surface area contributed by atoms with Crippen molar-refractivity contribution in [1.29, 1.82) is 0 Å². The highest BCUT2D eigenvalue weighted by atomic mass is 16.5. The van der Waals surface area contributed by atoms with Gasteiger partial charge in [0.25, 0.3) is 23.6 Å². The molecule has 6 N–H and O–H groups in total. The zero-order valence-corrected chi connectivity index (χ0v) is 40.8. The van der Waals surface area contributed by atoms with Crippen LogP contribution >= 0.6 is 0 Å². The second-order valence-electron chi connectivity index (χ2n) is 19.3. The van der Waals surface area contributed by atoms with Crippen LogP contribution in [-0.4, -0.2) is 149 Å². The molecule has 5 heterocycles. The van der Waals surface area contributed by atoms with Crippen LogP contribution in [0.2, 0.25) is 0 Å². The van der Waals surface area contributed by atoms with E-state index in [1.54, 1.807) is 36.1 Å². The van der Waals surface area contributed by atoms with Crippen LogP contribution in [0, 0.1) is 0 Å². The van der Waals surface area contributed by atoms with Crippen LogP contribution in [0.25, 0.3) is 11.4 Å². The number of rotatable bonds is 19. The lowest BCUT2D eigenvalue weighted by Crippen LogP contribution is -2.54. The number of aromatic nitrogens is 4. The van der Waals surface area contributed by atoms with Gasteiger partial charge in [0.1, 0.15) is 6.04 Å². The molecule has 6 amide bonds. The van der Waals surface area contributed by atoms with Crippen LogP contribution in [-0.2, 0) is 39.0 Å². The van der Waals surface area contributed by atoms with Gasteiger partial charge in [-0.3, -0.25) is 43.7 Å². The molecule has 1 aliphatic carbocycles. The van der Waals surface area contributed by atoms with Gasteiger partial charge in [0.2, 0.25) is 17.8 Å². The summed E-state index contributed by atoms with van der Waals surface area (Å²) in [5, 5.41) is 16.2. The van der Waals surface area contributed by atoms with E-state index in [1.807, 2.05) is 39.8 Å². The van der Waals surface area contributed by atoms with Crippen molar-refractivity contribution in [3.8, 4) is 17.1 Å². The van der Waals surface area contributed by atoms with Crippen molar-refractivity contribution in [1.82, 2.24) is 40.2 Å². The third-order valence-corrected chi connectivity index (χ3v) is 13.3. The number of nitrogens with two attached hydrogens (primary N) is 1. The number of piperazine rings is 1. The fourth-order valence-electron chi connectivity index (χ4n) is 9.34. The number of methoxy groups -OCH3 is 1. The molecule has 4 aliphatic rings. The molecule has 0 saturated carbocycles. The number of imide groups is 2. The monoisotopic (exact) mass is 962 g/mol. The Labute approximate surface area is 406 Å². The first-order valence-corrected chi connectivity index (χ1v) is 23.6. The number of carbonyl (C=O) groups excluding carboxylic acids is 6. The Morgan fingerprint density at radius 2 is 1.64 bits per heavy atom. The molecule has 1 unspecified atom stereocenters. The summed E-state index contributed by atoms with van der Waals surface area (Å²) < 4.78 is 20.1. The van der Waals surface area contributed by atoms with E-state index in [2.05, 4.69) is 48.2 Å². The molecule has 21 heteroatoms. The highest BCUT2D eigenvalue weighted by Crippen LogP contribution is 2.39. The van der Waals surface area contributed by atoms with E-state index in [-0.39, 0.29) is 54.7 Å². The molecule has 4 aromatic rings. The number of likely N-dealkylation sites (N-methyl/N-ethyl adjacent to an activating group) is 1. The summed E-state index contributed by atoms with van der Waals surface area (Å²) in [5.74, 6) is -2.55. The molecule has 372 valence electrons. The number of anilines is 4. The fraction of sp³-hybridized carbons (Fsp3) is 0.490. The van der Waals surface area contributed by atoms with Crippen molar-refractivity contribution < 1.29 is 43.0 Å². The quantitative estimate of drug-likeness (QED) is 0.0668. The normalized spacial score (nSPS) is 17.2. The Balaban J connectivity index is 0.855. The second kappa shape index (κ2) is 20.2. The Hall–Kier alpha value is -6.97. The van der Waals surface area contributed by atoms with Gasteiger partial charge in [-0.1, -0.05) is 6.07 Å². The van der Waals surface area contributed by atoms with Gasteiger partial charge >= 0.3 is 0 Å². The molecule has 21 nitrogen and oxygen atoms in total. The zero-order valence-electron chi connectivity index (χ0n) is 40.8. The van der Waals surface area contributed by atoms with E-state index in [9.17, 15) is 28.8 Å². The minimum atomic E-state index is -1.04. The van der Waals surface area contributed by atoms with Gasteiger partial charge in [0.15, 0.2) is 11.4 Å². The molecule has 0 spiro atoms. The van der Waals surface area contributed by atoms with E-state index in [1.165, 1.54) is 7.11 Å². The number of hydrogen-bond donors (Lipinski definition) is 5. The fourth-order valence-corrected chi connectivity index (χ4v) is 9.34. The first-order valence-electron chi connectivity index (χ1n) is 23.6. The third kappa shape index (κ3) is 10.5. The highest BCUT2D eigenvalue weighted by Gasteiger charge is 2.45. The maximum absolute atomic E-state index is 14.0. The van der Waals surface area contributed by atoms with Gasteiger partial charge < -0.3 is 45.7 Å². The van der Waals surface area contributed by atoms with Gasteiger partial charge in [0.05, 0.1) is 65.3 Å². The van der Waals surface area contributed by atoms with E-state index in [4.69, 9.17) is 24.9 Å². The molecular formula is C49H62N12O9. The SMILES string of the molecule is COc1c(Nc2ncc3c(n2)-c2c(c(C(N)=O)nn2C)CC3)cc(N2CCN(C)CC2)cc1C(=O)NCCOC(C)(C)CCOC(C)(C)CCNc1cccc2c1C(=O)N(C1CCC(=O)NC1=O)C2=O. The number of carbonyl (C=O) groups is 6. The molecule has 8 rings (SSSR count). The molecule has 1 atom stereocenters. The lowest BCUT2D eigenvalue weighted by Gasteiger charge is -2.34. The van der Waals surface area contributed by atoms with Crippen LogP contribution < -0.4 is 36.6 Å². The molecule has 2 saturated heterocycles. The lowest BCUT2D eigenvalue weighted by atomic mass is 9.93. The maximum Gasteiger partial charge on any atom is 0.269 e. The topological polar surface area (TPSA) is 258 Å². The van der Waals surface area contributed by atoms with E-state index >= 15 is 0 Å². The first kappa shape index (κ1) is 49.5. The number of hydrogen-bond acceptors (Lipinski definition) is 16. The summed E-state index contributed by atoms with van der Waals surface area (Å²) in [6.07, 6.45) is 4.23. The first-order chi connectivity index (χ1) is 33.3. The van der Waals surface area contributed by atoms with Gasteiger partial charge in [-0.25, -0.2) is 9.97 Å². The Morgan fingerprint density at radius 3 is 2.37 bits per heavy atom. The van der Waals surface area contributed by atoms with Crippen molar-refractivity contribution >= 4 is 58.5 Å². The van der Waals surface area contributed by atoms with Gasteiger partial charge in [0, 0.05) is 75.9 Å². The van der Waals surface area contributed by atoms with Crippen molar-refractivity contribution in [2.75, 3.05) is 82.2 Å². The van der Waals surface area contributed by atoms with E-state index in [0.717, 1.165) is 47.9 Å². The Morgan fingerprint density at radius 1 is 0.900 bits per heavy atom. The lowest BCUT2D eigenvalue weighted by molar-refractivity contribution is -0.136. The summed E-state index contributed by atoms with van der Waals surface area (Å²) in [6.45, 7) is 12.4. The number of aryl methyl sites for hydroxylation is 2. The molecule has 0 radical (unpaired) electrons. The summed E-state index contributed by atoms with van der Waals surface area (Å²) >= 11 is 0.